The largest absolute Gasteiger partial charge is 0.367 e. The minimum absolute atomic E-state index is 0. The number of halogens is 1. The Hall–Kier alpha value is -1.59. The topological polar surface area (TPSA) is 98.2 Å². The highest BCUT2D eigenvalue weighted by Crippen LogP contribution is 2.27. The highest BCUT2D eigenvalue weighted by Gasteiger charge is 2.36. The van der Waals surface area contributed by atoms with Gasteiger partial charge in [0.25, 0.3) is 0 Å². The third kappa shape index (κ3) is 3.99. The molecule has 1 fully saturated rings. The Kier molecular flexibility index (Phi) is 6.38. The molecule has 6 heteroatoms. The summed E-state index contributed by atoms with van der Waals surface area (Å²) in [7, 11) is 0. The van der Waals surface area contributed by atoms with Crippen LogP contribution in [0.4, 0.5) is 0 Å². The molecule has 1 aromatic rings. The van der Waals surface area contributed by atoms with Crippen molar-refractivity contribution in [1.82, 2.24) is 5.32 Å². The molecule has 0 bridgehead atoms. The molecule has 1 aliphatic rings. The molecule has 5 nitrogen and oxygen atoms in total. The highest BCUT2D eigenvalue weighted by atomic mass is 35.5. The van der Waals surface area contributed by atoms with Crippen molar-refractivity contribution in [2.75, 3.05) is 0 Å². The Morgan fingerprint density at radius 2 is 1.91 bits per heavy atom. The monoisotopic (exact) mass is 325 g/mol. The first-order valence-electron chi connectivity index (χ1n) is 7.35. The van der Waals surface area contributed by atoms with Gasteiger partial charge in [-0.2, -0.15) is 0 Å². The number of nitrogens with one attached hydrogen (secondary N) is 1. The van der Waals surface area contributed by atoms with Gasteiger partial charge in [-0.1, -0.05) is 36.8 Å². The lowest BCUT2D eigenvalue weighted by Gasteiger charge is -2.29. The number of primary amides is 1. The number of carbonyl (C=O) groups is 2. The van der Waals surface area contributed by atoms with Crippen LogP contribution < -0.4 is 16.8 Å². The standard InChI is InChI=1S/C16H23N3O2.ClH/c1-16(15(18)21,12-7-3-2-4-8-12)19-14(20)10-11-6-5-9-13(11)17;/h2-4,7-8,11,13H,5-6,9-10,17H2,1H3,(H2,18,21)(H,19,20);1H/t11-,13+,16?;/m0./s1. The summed E-state index contributed by atoms with van der Waals surface area (Å²) >= 11 is 0. The van der Waals surface area contributed by atoms with Gasteiger partial charge in [0.15, 0.2) is 0 Å². The predicted octanol–water partition coefficient (Wildman–Crippen LogP) is 1.44. The van der Waals surface area contributed by atoms with E-state index in [9.17, 15) is 9.59 Å². The number of hydrogen-bond acceptors (Lipinski definition) is 3. The summed E-state index contributed by atoms with van der Waals surface area (Å²) in [6.45, 7) is 1.64. The van der Waals surface area contributed by atoms with Crippen LogP contribution in [0.1, 0.15) is 38.2 Å². The Bertz CT molecular complexity index is 523. The van der Waals surface area contributed by atoms with Crippen LogP contribution in [0.5, 0.6) is 0 Å². The number of hydrogen-bond donors (Lipinski definition) is 3. The summed E-state index contributed by atoms with van der Waals surface area (Å²) in [4.78, 5) is 24.1. The van der Waals surface area contributed by atoms with E-state index >= 15 is 0 Å². The van der Waals surface area contributed by atoms with E-state index in [1.807, 2.05) is 18.2 Å². The van der Waals surface area contributed by atoms with E-state index < -0.39 is 11.4 Å². The minimum Gasteiger partial charge on any atom is -0.367 e. The lowest BCUT2D eigenvalue weighted by molar-refractivity contribution is -0.131. The molecule has 0 heterocycles. The van der Waals surface area contributed by atoms with Crippen LogP contribution in [0.25, 0.3) is 0 Å². The maximum atomic E-state index is 12.3. The summed E-state index contributed by atoms with van der Waals surface area (Å²) in [6, 6.07) is 9.13. The quantitative estimate of drug-likeness (QED) is 0.764. The average molecular weight is 326 g/mol. The van der Waals surface area contributed by atoms with Crippen molar-refractivity contribution in [3.05, 3.63) is 35.9 Å². The van der Waals surface area contributed by atoms with Crippen molar-refractivity contribution < 1.29 is 9.59 Å². The normalized spacial score (nSPS) is 23.2. The van der Waals surface area contributed by atoms with E-state index in [2.05, 4.69) is 5.32 Å². The molecule has 3 atom stereocenters. The highest BCUT2D eigenvalue weighted by molar-refractivity contribution is 5.91. The van der Waals surface area contributed by atoms with Gasteiger partial charge in [0.2, 0.25) is 11.8 Å². The molecule has 1 aliphatic carbocycles. The smallest absolute Gasteiger partial charge is 0.247 e. The second-order valence-corrected chi connectivity index (χ2v) is 5.96. The van der Waals surface area contributed by atoms with Gasteiger partial charge in [0.05, 0.1) is 0 Å². The molecule has 0 saturated heterocycles. The molecule has 22 heavy (non-hydrogen) atoms. The molecule has 2 rings (SSSR count). The van der Waals surface area contributed by atoms with Crippen molar-refractivity contribution in [2.45, 2.75) is 44.2 Å². The lowest BCUT2D eigenvalue weighted by atomic mass is 9.90. The van der Waals surface area contributed by atoms with Gasteiger partial charge >= 0.3 is 0 Å². The number of carbonyl (C=O) groups excluding carboxylic acids is 2. The minimum atomic E-state index is -1.19. The summed E-state index contributed by atoms with van der Waals surface area (Å²) in [5.41, 5.74) is 11.0. The number of amides is 2. The zero-order valence-corrected chi connectivity index (χ0v) is 13.6. The first-order valence-corrected chi connectivity index (χ1v) is 7.35. The molecule has 0 aromatic heterocycles. The predicted molar refractivity (Wildman–Crippen MR) is 88.3 cm³/mol. The van der Waals surface area contributed by atoms with Crippen LogP contribution >= 0.6 is 12.4 Å². The fourth-order valence-electron chi connectivity index (χ4n) is 2.93. The first kappa shape index (κ1) is 18.5. The third-order valence-corrected chi connectivity index (χ3v) is 4.40. The Morgan fingerprint density at radius 1 is 1.27 bits per heavy atom. The zero-order chi connectivity index (χ0) is 15.5. The van der Waals surface area contributed by atoms with Crippen LogP contribution in [0.15, 0.2) is 30.3 Å². The van der Waals surface area contributed by atoms with Crippen LogP contribution in [-0.2, 0) is 15.1 Å². The van der Waals surface area contributed by atoms with E-state index in [4.69, 9.17) is 11.5 Å². The number of nitrogens with two attached hydrogens (primary N) is 2. The van der Waals surface area contributed by atoms with Crippen LogP contribution in [0, 0.1) is 5.92 Å². The van der Waals surface area contributed by atoms with Crippen LogP contribution in [0.3, 0.4) is 0 Å². The Morgan fingerprint density at radius 3 is 2.41 bits per heavy atom. The van der Waals surface area contributed by atoms with Crippen LogP contribution in [0.2, 0.25) is 0 Å². The molecule has 0 radical (unpaired) electrons. The maximum Gasteiger partial charge on any atom is 0.247 e. The van der Waals surface area contributed by atoms with E-state index in [-0.39, 0.29) is 30.3 Å². The fraction of sp³-hybridized carbons (Fsp3) is 0.500. The Labute approximate surface area is 137 Å². The Balaban J connectivity index is 0.00000242. The molecule has 0 aliphatic heterocycles. The third-order valence-electron chi connectivity index (χ3n) is 4.40. The van der Waals surface area contributed by atoms with Crippen LogP contribution in [-0.4, -0.2) is 17.9 Å². The van der Waals surface area contributed by atoms with Crippen molar-refractivity contribution in [2.24, 2.45) is 17.4 Å². The second kappa shape index (κ2) is 7.61. The molecule has 2 amide bonds. The van der Waals surface area contributed by atoms with E-state index in [0.29, 0.717) is 12.0 Å². The summed E-state index contributed by atoms with van der Waals surface area (Å²) in [6.07, 6.45) is 3.33. The van der Waals surface area contributed by atoms with Gasteiger partial charge in [-0.05, 0) is 31.2 Å². The van der Waals surface area contributed by atoms with Crippen molar-refractivity contribution in [3.8, 4) is 0 Å². The summed E-state index contributed by atoms with van der Waals surface area (Å²) in [5, 5.41) is 2.79. The molecule has 122 valence electrons. The van der Waals surface area contributed by atoms with Gasteiger partial charge in [-0.15, -0.1) is 12.4 Å². The lowest BCUT2D eigenvalue weighted by Crippen LogP contribution is -2.53. The zero-order valence-electron chi connectivity index (χ0n) is 12.7. The molecule has 1 saturated carbocycles. The van der Waals surface area contributed by atoms with Crippen molar-refractivity contribution >= 4 is 24.2 Å². The van der Waals surface area contributed by atoms with Crippen molar-refractivity contribution in [1.29, 1.82) is 0 Å². The molecule has 0 spiro atoms. The fourth-order valence-corrected chi connectivity index (χ4v) is 2.93. The van der Waals surface area contributed by atoms with Gasteiger partial charge < -0.3 is 16.8 Å². The average Bonchev–Trinajstić information content (AvgIpc) is 2.84. The van der Waals surface area contributed by atoms with Crippen molar-refractivity contribution in [3.63, 3.8) is 0 Å². The summed E-state index contributed by atoms with van der Waals surface area (Å²) < 4.78 is 0. The molecular weight excluding hydrogens is 302 g/mol. The maximum absolute atomic E-state index is 12.3. The first-order chi connectivity index (χ1) is 9.93. The molecule has 1 unspecified atom stereocenters. The van der Waals surface area contributed by atoms with E-state index in [1.54, 1.807) is 19.1 Å². The molecule has 1 aromatic carbocycles. The molecule has 5 N–H and O–H groups in total. The van der Waals surface area contributed by atoms with E-state index in [1.165, 1.54) is 0 Å². The number of rotatable bonds is 5. The van der Waals surface area contributed by atoms with Gasteiger partial charge in [-0.25, -0.2) is 0 Å². The number of benzene rings is 1. The van der Waals surface area contributed by atoms with Gasteiger partial charge in [0.1, 0.15) is 5.54 Å². The second-order valence-electron chi connectivity index (χ2n) is 5.96. The van der Waals surface area contributed by atoms with E-state index in [0.717, 1.165) is 19.3 Å². The van der Waals surface area contributed by atoms with Gasteiger partial charge in [0, 0.05) is 12.5 Å². The summed E-state index contributed by atoms with van der Waals surface area (Å²) in [5.74, 6) is -0.557. The van der Waals surface area contributed by atoms with Gasteiger partial charge in [-0.3, -0.25) is 9.59 Å². The molecular formula is C16H24ClN3O2. The SMILES string of the molecule is CC(NC(=O)C[C@@H]1CCC[C@H]1N)(C(N)=O)c1ccccc1.Cl.